The Morgan fingerprint density at radius 3 is 2.82 bits per heavy atom. The van der Waals surface area contributed by atoms with E-state index < -0.39 is 10.0 Å². The van der Waals surface area contributed by atoms with Crippen LogP contribution in [0.5, 0.6) is 0 Å². The lowest BCUT2D eigenvalue weighted by Gasteiger charge is -2.09. The third-order valence-electron chi connectivity index (χ3n) is 2.30. The Balaban J connectivity index is 2.43. The molecule has 0 amide bonds. The smallest absolute Gasteiger partial charge is 0.233 e. The third-order valence-corrected chi connectivity index (χ3v) is 3.60. The van der Waals surface area contributed by atoms with Gasteiger partial charge in [0.05, 0.1) is 17.0 Å². The van der Waals surface area contributed by atoms with Crippen LogP contribution in [0.4, 0.5) is 5.69 Å². The highest BCUT2D eigenvalue weighted by molar-refractivity contribution is 7.92. The van der Waals surface area contributed by atoms with Crippen molar-refractivity contribution in [2.24, 2.45) is 5.73 Å². The van der Waals surface area contributed by atoms with Crippen LogP contribution in [-0.4, -0.2) is 25.7 Å². The van der Waals surface area contributed by atoms with Gasteiger partial charge in [-0.15, -0.1) is 0 Å². The van der Waals surface area contributed by atoms with Gasteiger partial charge in [0.15, 0.2) is 0 Å². The Morgan fingerprint density at radius 2 is 2.06 bits per heavy atom. The van der Waals surface area contributed by atoms with Crippen LogP contribution in [0.2, 0.25) is 0 Å². The van der Waals surface area contributed by atoms with Gasteiger partial charge in [0, 0.05) is 18.1 Å². The summed E-state index contributed by atoms with van der Waals surface area (Å²) in [6.07, 6.45) is 1.67. The molecule has 17 heavy (non-hydrogen) atoms. The Labute approximate surface area is 99.7 Å². The van der Waals surface area contributed by atoms with Crippen molar-refractivity contribution in [3.05, 3.63) is 36.5 Å². The van der Waals surface area contributed by atoms with Crippen molar-refractivity contribution in [3.8, 4) is 0 Å². The molecule has 0 saturated heterocycles. The van der Waals surface area contributed by atoms with E-state index in [2.05, 4.69) is 9.71 Å². The number of nitrogens with two attached hydrogens (primary N) is 1. The van der Waals surface area contributed by atoms with E-state index in [9.17, 15) is 8.42 Å². The van der Waals surface area contributed by atoms with E-state index in [1.165, 1.54) is 0 Å². The highest BCUT2D eigenvalue weighted by Gasteiger charge is 2.10. The molecular weight excluding hydrogens is 238 g/mol. The summed E-state index contributed by atoms with van der Waals surface area (Å²) in [5.74, 6) is -0.0936. The van der Waals surface area contributed by atoms with Crippen molar-refractivity contribution < 1.29 is 8.42 Å². The Kier molecular flexibility index (Phi) is 3.26. The third kappa shape index (κ3) is 2.72. The molecule has 0 aliphatic carbocycles. The van der Waals surface area contributed by atoms with Crippen molar-refractivity contribution in [1.29, 1.82) is 0 Å². The number of hydrogen-bond acceptors (Lipinski definition) is 4. The predicted molar refractivity (Wildman–Crippen MR) is 68.2 cm³/mol. The minimum Gasteiger partial charge on any atom is -0.329 e. The highest BCUT2D eigenvalue weighted by atomic mass is 32.2. The summed E-state index contributed by atoms with van der Waals surface area (Å²) in [4.78, 5) is 4.16. The Bertz CT molecular complexity index is 620. The number of aromatic nitrogens is 1. The minimum atomic E-state index is -3.38. The van der Waals surface area contributed by atoms with Crippen molar-refractivity contribution in [2.45, 2.75) is 0 Å². The maximum atomic E-state index is 11.6. The van der Waals surface area contributed by atoms with Crippen molar-refractivity contribution in [2.75, 3.05) is 17.0 Å². The Morgan fingerprint density at radius 1 is 1.24 bits per heavy atom. The fourth-order valence-corrected chi connectivity index (χ4v) is 2.49. The molecule has 0 radical (unpaired) electrons. The lowest BCUT2D eigenvalue weighted by Crippen LogP contribution is -2.22. The van der Waals surface area contributed by atoms with Gasteiger partial charge in [-0.3, -0.25) is 9.71 Å². The minimum absolute atomic E-state index is 0.0936. The molecule has 3 N–H and O–H groups in total. The van der Waals surface area contributed by atoms with Crippen LogP contribution in [0.15, 0.2) is 36.5 Å². The van der Waals surface area contributed by atoms with Gasteiger partial charge >= 0.3 is 0 Å². The van der Waals surface area contributed by atoms with Gasteiger partial charge in [-0.2, -0.15) is 0 Å². The average molecular weight is 251 g/mol. The lowest BCUT2D eigenvalue weighted by atomic mass is 10.2. The van der Waals surface area contributed by atoms with E-state index in [0.717, 1.165) is 10.9 Å². The van der Waals surface area contributed by atoms with Crippen LogP contribution in [0.1, 0.15) is 0 Å². The standard InChI is InChI=1S/C11H13N3O2S/c12-6-8-17(15,16)14-11-5-1-4-10-9(11)3-2-7-13-10/h1-5,7,14H,6,8,12H2. The normalized spacial score (nSPS) is 11.6. The van der Waals surface area contributed by atoms with Gasteiger partial charge in [0.1, 0.15) is 0 Å². The molecule has 5 nitrogen and oxygen atoms in total. The number of pyridine rings is 1. The number of hydrogen-bond donors (Lipinski definition) is 2. The molecule has 1 aromatic heterocycles. The van der Waals surface area contributed by atoms with Crippen molar-refractivity contribution in [3.63, 3.8) is 0 Å². The number of fused-ring (bicyclic) bond motifs is 1. The zero-order chi connectivity index (χ0) is 12.3. The molecule has 6 heteroatoms. The van der Waals surface area contributed by atoms with Gasteiger partial charge in [0.25, 0.3) is 0 Å². The number of rotatable bonds is 4. The molecule has 0 spiro atoms. The summed E-state index contributed by atoms with van der Waals surface area (Å²) < 4.78 is 25.8. The summed E-state index contributed by atoms with van der Waals surface area (Å²) in [6.45, 7) is 0.0956. The number of nitrogens with zero attached hydrogens (tertiary/aromatic N) is 1. The van der Waals surface area contributed by atoms with Gasteiger partial charge in [-0.05, 0) is 24.3 Å². The van der Waals surface area contributed by atoms with Gasteiger partial charge in [-0.25, -0.2) is 8.42 Å². The van der Waals surface area contributed by atoms with E-state index >= 15 is 0 Å². The second-order valence-electron chi connectivity index (χ2n) is 3.59. The first-order chi connectivity index (χ1) is 8.12. The molecule has 90 valence electrons. The summed E-state index contributed by atoms with van der Waals surface area (Å²) in [7, 11) is -3.38. The molecular formula is C11H13N3O2S. The van der Waals surface area contributed by atoms with Crippen molar-refractivity contribution in [1.82, 2.24) is 4.98 Å². The monoisotopic (exact) mass is 251 g/mol. The maximum absolute atomic E-state index is 11.6. The molecule has 1 heterocycles. The predicted octanol–water partition coefficient (Wildman–Crippen LogP) is 0.935. The molecule has 0 aliphatic rings. The van der Waals surface area contributed by atoms with Gasteiger partial charge in [0.2, 0.25) is 10.0 Å². The number of benzene rings is 1. The summed E-state index contributed by atoms with van der Waals surface area (Å²) in [6, 6.07) is 8.88. The van der Waals surface area contributed by atoms with Crippen LogP contribution in [0.25, 0.3) is 10.9 Å². The molecule has 0 saturated carbocycles. The van der Waals surface area contributed by atoms with E-state index in [1.54, 1.807) is 24.4 Å². The fraction of sp³-hybridized carbons (Fsp3) is 0.182. The highest BCUT2D eigenvalue weighted by Crippen LogP contribution is 2.22. The van der Waals surface area contributed by atoms with E-state index in [4.69, 9.17) is 5.73 Å². The van der Waals surface area contributed by atoms with Crippen LogP contribution in [0.3, 0.4) is 0 Å². The summed E-state index contributed by atoms with van der Waals surface area (Å²) >= 11 is 0. The maximum Gasteiger partial charge on any atom is 0.233 e. The Hall–Kier alpha value is -1.66. The molecule has 0 atom stereocenters. The largest absolute Gasteiger partial charge is 0.329 e. The fourth-order valence-electron chi connectivity index (χ4n) is 1.57. The first-order valence-corrected chi connectivity index (χ1v) is 6.82. The summed E-state index contributed by atoms with van der Waals surface area (Å²) in [5, 5.41) is 0.774. The van der Waals surface area contributed by atoms with E-state index in [1.807, 2.05) is 12.1 Å². The van der Waals surface area contributed by atoms with E-state index in [0.29, 0.717) is 5.69 Å². The zero-order valence-corrected chi connectivity index (χ0v) is 9.94. The van der Waals surface area contributed by atoms with Crippen LogP contribution < -0.4 is 10.5 Å². The molecule has 2 aromatic rings. The molecule has 1 aromatic carbocycles. The second-order valence-corrected chi connectivity index (χ2v) is 5.43. The van der Waals surface area contributed by atoms with Crippen LogP contribution in [-0.2, 0) is 10.0 Å². The SMILES string of the molecule is NCCS(=O)(=O)Nc1cccc2ncccc12. The molecule has 0 fully saturated rings. The first-order valence-electron chi connectivity index (χ1n) is 5.17. The molecule has 0 bridgehead atoms. The zero-order valence-electron chi connectivity index (χ0n) is 9.13. The molecule has 2 rings (SSSR count). The number of nitrogens with one attached hydrogen (secondary N) is 1. The molecule has 0 unspecified atom stereocenters. The number of anilines is 1. The summed E-state index contributed by atoms with van der Waals surface area (Å²) in [5.41, 5.74) is 6.53. The quantitative estimate of drug-likeness (QED) is 0.846. The average Bonchev–Trinajstić information content (AvgIpc) is 2.29. The van der Waals surface area contributed by atoms with Crippen molar-refractivity contribution >= 4 is 26.6 Å². The van der Waals surface area contributed by atoms with Crippen LogP contribution in [0, 0.1) is 0 Å². The van der Waals surface area contributed by atoms with Gasteiger partial charge in [-0.1, -0.05) is 6.07 Å². The van der Waals surface area contributed by atoms with E-state index in [-0.39, 0.29) is 12.3 Å². The topological polar surface area (TPSA) is 85.1 Å². The lowest BCUT2D eigenvalue weighted by molar-refractivity contribution is 0.601. The first kappa shape index (κ1) is 11.8. The van der Waals surface area contributed by atoms with Crippen LogP contribution >= 0.6 is 0 Å². The molecule has 0 aliphatic heterocycles. The second kappa shape index (κ2) is 4.68. The number of sulfonamides is 1. The van der Waals surface area contributed by atoms with Gasteiger partial charge < -0.3 is 5.73 Å².